The van der Waals surface area contributed by atoms with Gasteiger partial charge in [0.2, 0.25) is 0 Å². The van der Waals surface area contributed by atoms with E-state index in [0.717, 1.165) is 26.2 Å². The summed E-state index contributed by atoms with van der Waals surface area (Å²) in [7, 11) is 0. The van der Waals surface area contributed by atoms with E-state index in [1.54, 1.807) is 0 Å². The van der Waals surface area contributed by atoms with Crippen molar-refractivity contribution < 1.29 is 4.74 Å². The summed E-state index contributed by atoms with van der Waals surface area (Å²) in [6.07, 6.45) is 3.42. The van der Waals surface area contributed by atoms with Crippen LogP contribution in [0.25, 0.3) is 0 Å². The number of hydrogen-bond acceptors (Lipinski definition) is 3. The fourth-order valence-electron chi connectivity index (χ4n) is 1.68. The molecule has 13 heavy (non-hydrogen) atoms. The zero-order valence-electron chi connectivity index (χ0n) is 8.81. The minimum atomic E-state index is 0.188. The van der Waals surface area contributed by atoms with Gasteiger partial charge in [-0.1, -0.05) is 0 Å². The molecule has 0 aliphatic carbocycles. The fourth-order valence-corrected chi connectivity index (χ4v) is 1.68. The van der Waals surface area contributed by atoms with Crippen molar-refractivity contribution in [2.45, 2.75) is 44.7 Å². The third kappa shape index (κ3) is 4.07. The predicted molar refractivity (Wildman–Crippen MR) is 54.7 cm³/mol. The SMILES string of the molecule is CC(N)CCNC1(C)CCCOC1. The van der Waals surface area contributed by atoms with Gasteiger partial charge in [0.1, 0.15) is 0 Å². The molecule has 1 heterocycles. The summed E-state index contributed by atoms with van der Waals surface area (Å²) in [5.41, 5.74) is 5.87. The van der Waals surface area contributed by atoms with Crippen LogP contribution in [-0.2, 0) is 4.74 Å². The van der Waals surface area contributed by atoms with E-state index in [-0.39, 0.29) is 5.54 Å². The Morgan fingerprint density at radius 1 is 1.62 bits per heavy atom. The molecule has 1 aliphatic rings. The normalized spacial score (nSPS) is 31.6. The quantitative estimate of drug-likeness (QED) is 0.685. The highest BCUT2D eigenvalue weighted by Gasteiger charge is 2.26. The second-order valence-electron chi connectivity index (χ2n) is 4.41. The van der Waals surface area contributed by atoms with Crippen LogP contribution in [0.1, 0.15) is 33.1 Å². The number of hydrogen-bond donors (Lipinski definition) is 2. The Morgan fingerprint density at radius 2 is 2.38 bits per heavy atom. The molecule has 1 fully saturated rings. The van der Waals surface area contributed by atoms with Crippen LogP contribution < -0.4 is 11.1 Å². The molecule has 0 bridgehead atoms. The second kappa shape index (κ2) is 4.94. The molecule has 2 unspecified atom stereocenters. The van der Waals surface area contributed by atoms with Crippen LogP contribution >= 0.6 is 0 Å². The van der Waals surface area contributed by atoms with Crippen molar-refractivity contribution in [3.8, 4) is 0 Å². The summed E-state index contributed by atoms with van der Waals surface area (Å²) in [5.74, 6) is 0. The first-order valence-corrected chi connectivity index (χ1v) is 5.21. The molecule has 0 radical (unpaired) electrons. The van der Waals surface area contributed by atoms with Gasteiger partial charge in [0.15, 0.2) is 0 Å². The summed E-state index contributed by atoms with van der Waals surface area (Å²) < 4.78 is 5.45. The third-order valence-corrected chi connectivity index (χ3v) is 2.59. The van der Waals surface area contributed by atoms with Gasteiger partial charge in [-0.25, -0.2) is 0 Å². The van der Waals surface area contributed by atoms with Gasteiger partial charge in [-0.05, 0) is 39.7 Å². The molecule has 0 aromatic rings. The van der Waals surface area contributed by atoms with E-state index in [1.165, 1.54) is 12.8 Å². The van der Waals surface area contributed by atoms with Crippen molar-refractivity contribution >= 4 is 0 Å². The highest BCUT2D eigenvalue weighted by atomic mass is 16.5. The lowest BCUT2D eigenvalue weighted by atomic mass is 9.95. The van der Waals surface area contributed by atoms with Gasteiger partial charge in [-0.2, -0.15) is 0 Å². The van der Waals surface area contributed by atoms with Gasteiger partial charge in [0, 0.05) is 18.2 Å². The molecule has 0 amide bonds. The molecule has 2 atom stereocenters. The molecule has 0 aromatic heterocycles. The highest BCUT2D eigenvalue weighted by Crippen LogP contribution is 2.17. The Hall–Kier alpha value is -0.120. The molecule has 3 nitrogen and oxygen atoms in total. The topological polar surface area (TPSA) is 47.3 Å². The van der Waals surface area contributed by atoms with Gasteiger partial charge in [0.25, 0.3) is 0 Å². The van der Waals surface area contributed by atoms with Gasteiger partial charge < -0.3 is 15.8 Å². The lowest BCUT2D eigenvalue weighted by Gasteiger charge is -2.34. The Bertz CT molecular complexity index is 142. The van der Waals surface area contributed by atoms with E-state index in [9.17, 15) is 0 Å². The fraction of sp³-hybridized carbons (Fsp3) is 1.00. The maximum atomic E-state index is 5.68. The minimum absolute atomic E-state index is 0.188. The number of rotatable bonds is 4. The Labute approximate surface area is 81.0 Å². The Morgan fingerprint density at radius 3 is 2.92 bits per heavy atom. The summed E-state index contributed by atoms with van der Waals surface area (Å²) >= 11 is 0. The largest absolute Gasteiger partial charge is 0.380 e. The van der Waals surface area contributed by atoms with Crippen LogP contribution in [0.4, 0.5) is 0 Å². The standard InChI is InChI=1S/C10H22N2O/c1-9(11)4-6-12-10(2)5-3-7-13-8-10/h9,12H,3-8,11H2,1-2H3. The summed E-state index contributed by atoms with van der Waals surface area (Å²) in [6, 6.07) is 0.292. The average Bonchev–Trinajstić information content (AvgIpc) is 2.04. The first-order valence-electron chi connectivity index (χ1n) is 5.21. The van der Waals surface area contributed by atoms with E-state index >= 15 is 0 Å². The summed E-state index contributed by atoms with van der Waals surface area (Å²) in [4.78, 5) is 0. The Kier molecular flexibility index (Phi) is 4.16. The number of nitrogens with one attached hydrogen (secondary N) is 1. The lowest BCUT2D eigenvalue weighted by Crippen LogP contribution is -2.49. The lowest BCUT2D eigenvalue weighted by molar-refractivity contribution is 0.0285. The first-order chi connectivity index (χ1) is 6.12. The van der Waals surface area contributed by atoms with Crippen LogP contribution in [0.2, 0.25) is 0 Å². The Balaban J connectivity index is 2.17. The van der Waals surface area contributed by atoms with E-state index in [1.807, 2.05) is 6.92 Å². The molecule has 0 spiro atoms. The molecule has 3 N–H and O–H groups in total. The molecular weight excluding hydrogens is 164 g/mol. The van der Waals surface area contributed by atoms with Crippen LogP contribution in [-0.4, -0.2) is 31.3 Å². The van der Waals surface area contributed by atoms with Crippen molar-refractivity contribution in [2.24, 2.45) is 5.73 Å². The molecule has 3 heteroatoms. The van der Waals surface area contributed by atoms with E-state index in [2.05, 4.69) is 12.2 Å². The van der Waals surface area contributed by atoms with Crippen molar-refractivity contribution in [3.05, 3.63) is 0 Å². The van der Waals surface area contributed by atoms with Gasteiger partial charge in [-0.3, -0.25) is 0 Å². The smallest absolute Gasteiger partial charge is 0.0645 e. The molecule has 0 saturated carbocycles. The number of nitrogens with two attached hydrogens (primary N) is 1. The van der Waals surface area contributed by atoms with E-state index in [0.29, 0.717) is 6.04 Å². The van der Waals surface area contributed by atoms with E-state index < -0.39 is 0 Å². The van der Waals surface area contributed by atoms with Crippen LogP contribution in [0, 0.1) is 0 Å². The third-order valence-electron chi connectivity index (χ3n) is 2.59. The van der Waals surface area contributed by atoms with Gasteiger partial charge >= 0.3 is 0 Å². The van der Waals surface area contributed by atoms with Crippen molar-refractivity contribution in [1.29, 1.82) is 0 Å². The summed E-state index contributed by atoms with van der Waals surface area (Å²) in [6.45, 7) is 7.03. The monoisotopic (exact) mass is 186 g/mol. The molecule has 78 valence electrons. The van der Waals surface area contributed by atoms with Crippen LogP contribution in [0.15, 0.2) is 0 Å². The number of ether oxygens (including phenoxy) is 1. The van der Waals surface area contributed by atoms with Crippen LogP contribution in [0.3, 0.4) is 0 Å². The van der Waals surface area contributed by atoms with Crippen molar-refractivity contribution in [1.82, 2.24) is 5.32 Å². The zero-order valence-corrected chi connectivity index (χ0v) is 8.81. The maximum Gasteiger partial charge on any atom is 0.0645 e. The minimum Gasteiger partial charge on any atom is -0.380 e. The van der Waals surface area contributed by atoms with Gasteiger partial charge in [0.05, 0.1) is 6.61 Å². The maximum absolute atomic E-state index is 5.68. The predicted octanol–water partition coefficient (Wildman–Crippen LogP) is 0.882. The van der Waals surface area contributed by atoms with Gasteiger partial charge in [-0.15, -0.1) is 0 Å². The zero-order chi connectivity index (χ0) is 9.73. The first kappa shape index (κ1) is 11.0. The molecule has 0 aromatic carbocycles. The summed E-state index contributed by atoms with van der Waals surface area (Å²) in [5, 5.41) is 3.52. The van der Waals surface area contributed by atoms with Crippen molar-refractivity contribution in [3.63, 3.8) is 0 Å². The molecule has 1 rings (SSSR count). The highest BCUT2D eigenvalue weighted by molar-refractivity contribution is 4.85. The van der Waals surface area contributed by atoms with Crippen molar-refractivity contribution in [2.75, 3.05) is 19.8 Å². The van der Waals surface area contributed by atoms with Crippen LogP contribution in [0.5, 0.6) is 0 Å². The molecule has 1 saturated heterocycles. The van der Waals surface area contributed by atoms with E-state index in [4.69, 9.17) is 10.5 Å². The second-order valence-corrected chi connectivity index (χ2v) is 4.41. The molecular formula is C10H22N2O. The molecule has 1 aliphatic heterocycles. The average molecular weight is 186 g/mol.